The summed E-state index contributed by atoms with van der Waals surface area (Å²) < 4.78 is 0. The van der Waals surface area contributed by atoms with Gasteiger partial charge >= 0.3 is 5.97 Å². The number of hydrogen-bond donors (Lipinski definition) is 1. The van der Waals surface area contributed by atoms with Crippen molar-refractivity contribution in [1.29, 1.82) is 0 Å². The summed E-state index contributed by atoms with van der Waals surface area (Å²) in [5.74, 6) is -0.931. The minimum atomic E-state index is -1.17. The maximum Gasteiger partial charge on any atom is 0.317 e. The van der Waals surface area contributed by atoms with Gasteiger partial charge in [0.1, 0.15) is 11.7 Å². The van der Waals surface area contributed by atoms with Gasteiger partial charge in [0.05, 0.1) is 0 Å². The van der Waals surface area contributed by atoms with Crippen LogP contribution in [0.2, 0.25) is 0 Å². The summed E-state index contributed by atoms with van der Waals surface area (Å²) in [5, 5.41) is 9.14. The number of carbonyl (C=O) groups is 2. The first kappa shape index (κ1) is 10.2. The van der Waals surface area contributed by atoms with Crippen molar-refractivity contribution in [2.75, 3.05) is 0 Å². The number of rotatable bonds is 3. The predicted octanol–water partition coefficient (Wildman–Crippen LogP) is 1.71. The first-order valence-electron chi connectivity index (χ1n) is 4.56. The smallest absolute Gasteiger partial charge is 0.317 e. The monoisotopic (exact) mass is 184 g/mol. The highest BCUT2D eigenvalue weighted by molar-refractivity contribution is 5.93. The van der Waals surface area contributed by atoms with Crippen molar-refractivity contribution >= 4 is 12.3 Å². The Labute approximate surface area is 78.1 Å². The first-order chi connectivity index (χ1) is 5.86. The van der Waals surface area contributed by atoms with Gasteiger partial charge in [0.2, 0.25) is 0 Å². The molecule has 0 aromatic rings. The van der Waals surface area contributed by atoms with E-state index in [1.165, 1.54) is 0 Å². The van der Waals surface area contributed by atoms with Crippen LogP contribution in [-0.2, 0) is 9.59 Å². The summed E-state index contributed by atoms with van der Waals surface area (Å²) in [5.41, 5.74) is -1.67. The Morgan fingerprint density at radius 1 is 1.38 bits per heavy atom. The Balaban J connectivity index is 3.10. The maximum atomic E-state index is 11.1. The largest absolute Gasteiger partial charge is 0.480 e. The Hall–Kier alpha value is -0.860. The second-order valence-corrected chi connectivity index (χ2v) is 4.82. The predicted molar refractivity (Wildman–Crippen MR) is 48.3 cm³/mol. The normalized spacial score (nSPS) is 22.1. The molecular weight excluding hydrogens is 168 g/mol. The number of aliphatic carboxylic acids is 1. The molecule has 1 saturated carbocycles. The molecule has 74 valence electrons. The fourth-order valence-corrected chi connectivity index (χ4v) is 1.97. The van der Waals surface area contributed by atoms with Crippen LogP contribution in [0.4, 0.5) is 0 Å². The lowest BCUT2D eigenvalue weighted by molar-refractivity contribution is -0.160. The van der Waals surface area contributed by atoms with Gasteiger partial charge in [-0.1, -0.05) is 20.8 Å². The molecule has 1 fully saturated rings. The fourth-order valence-electron chi connectivity index (χ4n) is 1.97. The zero-order chi connectivity index (χ0) is 10.3. The van der Waals surface area contributed by atoms with Gasteiger partial charge < -0.3 is 9.90 Å². The van der Waals surface area contributed by atoms with E-state index in [1.54, 1.807) is 0 Å². The molecule has 13 heavy (non-hydrogen) atoms. The van der Waals surface area contributed by atoms with E-state index in [0.717, 1.165) is 12.8 Å². The quantitative estimate of drug-likeness (QED) is 0.536. The Morgan fingerprint density at radius 2 is 1.85 bits per heavy atom. The lowest BCUT2D eigenvalue weighted by atomic mass is 9.64. The van der Waals surface area contributed by atoms with E-state index in [9.17, 15) is 9.59 Å². The Morgan fingerprint density at radius 3 is 1.92 bits per heavy atom. The molecule has 0 saturated heterocycles. The average Bonchev–Trinajstić information content (AvgIpc) is 2.69. The maximum absolute atomic E-state index is 11.1. The number of aldehydes is 1. The number of carbonyl (C=O) groups excluding carboxylic acids is 1. The lowest BCUT2D eigenvalue weighted by Gasteiger charge is -2.36. The minimum absolute atomic E-state index is 0.0440. The molecule has 0 aromatic heterocycles. The molecule has 0 spiro atoms. The van der Waals surface area contributed by atoms with Crippen LogP contribution in [0.5, 0.6) is 0 Å². The second kappa shape index (κ2) is 2.82. The Kier molecular flexibility index (Phi) is 2.22. The van der Waals surface area contributed by atoms with Crippen molar-refractivity contribution in [3.05, 3.63) is 0 Å². The van der Waals surface area contributed by atoms with Gasteiger partial charge in [-0.25, -0.2) is 0 Å². The summed E-state index contributed by atoms with van der Waals surface area (Å²) in [7, 11) is 0. The van der Waals surface area contributed by atoms with E-state index < -0.39 is 16.8 Å². The number of carboxylic acid groups (broad SMARTS) is 1. The SMILES string of the molecule is CC(C)(C)[C@@](C=O)(C(=O)O)C1CC1. The van der Waals surface area contributed by atoms with Crippen LogP contribution >= 0.6 is 0 Å². The van der Waals surface area contributed by atoms with Crippen molar-refractivity contribution in [2.45, 2.75) is 33.6 Å². The average molecular weight is 184 g/mol. The van der Waals surface area contributed by atoms with Gasteiger partial charge in [-0.15, -0.1) is 0 Å². The van der Waals surface area contributed by atoms with Crippen LogP contribution in [0.15, 0.2) is 0 Å². The lowest BCUT2D eigenvalue weighted by Crippen LogP contribution is -2.46. The van der Waals surface area contributed by atoms with Crippen LogP contribution in [0.1, 0.15) is 33.6 Å². The van der Waals surface area contributed by atoms with Gasteiger partial charge in [0.25, 0.3) is 0 Å². The molecule has 3 heteroatoms. The molecule has 1 rings (SSSR count). The van der Waals surface area contributed by atoms with E-state index >= 15 is 0 Å². The molecule has 0 amide bonds. The standard InChI is InChI=1S/C10H16O3/c1-9(2,3)10(6-11,8(12)13)7-4-5-7/h6-7H,4-5H2,1-3H3,(H,12,13)/t10-/m1/s1. The van der Waals surface area contributed by atoms with E-state index in [4.69, 9.17) is 5.11 Å². The molecule has 0 unspecified atom stereocenters. The van der Waals surface area contributed by atoms with E-state index in [2.05, 4.69) is 0 Å². The molecule has 0 radical (unpaired) electrons. The third-order valence-corrected chi connectivity index (χ3v) is 3.00. The number of carboxylic acids is 1. The van der Waals surface area contributed by atoms with Gasteiger partial charge in [-0.3, -0.25) is 4.79 Å². The minimum Gasteiger partial charge on any atom is -0.480 e. The number of hydrogen-bond acceptors (Lipinski definition) is 2. The van der Waals surface area contributed by atoms with Crippen molar-refractivity contribution in [3.8, 4) is 0 Å². The van der Waals surface area contributed by atoms with Crippen molar-refractivity contribution < 1.29 is 14.7 Å². The summed E-state index contributed by atoms with van der Waals surface area (Å²) in [6.45, 7) is 5.44. The summed E-state index contributed by atoms with van der Waals surface area (Å²) in [6.07, 6.45) is 2.36. The van der Waals surface area contributed by atoms with Gasteiger partial charge in [-0.2, -0.15) is 0 Å². The first-order valence-corrected chi connectivity index (χ1v) is 4.56. The van der Waals surface area contributed by atoms with Crippen LogP contribution in [-0.4, -0.2) is 17.4 Å². The molecule has 1 N–H and O–H groups in total. The van der Waals surface area contributed by atoms with Crippen LogP contribution in [0.25, 0.3) is 0 Å². The topological polar surface area (TPSA) is 54.4 Å². The highest BCUT2D eigenvalue weighted by Gasteiger charge is 2.58. The van der Waals surface area contributed by atoms with Crippen molar-refractivity contribution in [1.82, 2.24) is 0 Å². The third-order valence-electron chi connectivity index (χ3n) is 3.00. The second-order valence-electron chi connectivity index (χ2n) is 4.82. The van der Waals surface area contributed by atoms with E-state index in [-0.39, 0.29) is 5.92 Å². The molecule has 1 aliphatic rings. The van der Waals surface area contributed by atoms with Gasteiger partial charge in [0.15, 0.2) is 0 Å². The Bertz CT molecular complexity index is 235. The molecule has 0 bridgehead atoms. The summed E-state index contributed by atoms with van der Waals surface area (Å²) in [4.78, 5) is 22.2. The molecule has 0 aromatic carbocycles. The van der Waals surface area contributed by atoms with Crippen molar-refractivity contribution in [2.24, 2.45) is 16.7 Å². The molecule has 0 aliphatic heterocycles. The molecule has 3 nitrogen and oxygen atoms in total. The van der Waals surface area contributed by atoms with Gasteiger partial charge in [0, 0.05) is 0 Å². The van der Waals surface area contributed by atoms with Gasteiger partial charge in [-0.05, 0) is 24.2 Å². The van der Waals surface area contributed by atoms with Crippen molar-refractivity contribution in [3.63, 3.8) is 0 Å². The molecule has 0 heterocycles. The molecule has 1 atom stereocenters. The third kappa shape index (κ3) is 1.36. The van der Waals surface area contributed by atoms with E-state index in [0.29, 0.717) is 6.29 Å². The summed E-state index contributed by atoms with van der Waals surface area (Å²) >= 11 is 0. The summed E-state index contributed by atoms with van der Waals surface area (Å²) in [6, 6.07) is 0. The molecule has 1 aliphatic carbocycles. The van der Waals surface area contributed by atoms with E-state index in [1.807, 2.05) is 20.8 Å². The highest BCUT2D eigenvalue weighted by Crippen LogP contribution is 2.54. The van der Waals surface area contributed by atoms with Crippen LogP contribution in [0, 0.1) is 16.7 Å². The van der Waals surface area contributed by atoms with Crippen LogP contribution in [0.3, 0.4) is 0 Å². The zero-order valence-electron chi connectivity index (χ0n) is 8.33. The zero-order valence-corrected chi connectivity index (χ0v) is 8.33. The van der Waals surface area contributed by atoms with Crippen LogP contribution < -0.4 is 0 Å². The highest BCUT2D eigenvalue weighted by atomic mass is 16.4. The molecular formula is C10H16O3. The fraction of sp³-hybridized carbons (Fsp3) is 0.800.